The summed E-state index contributed by atoms with van der Waals surface area (Å²) in [4.78, 5) is 11.8. The largest absolute Gasteiger partial charge is 0.497 e. The fourth-order valence-corrected chi connectivity index (χ4v) is 2.02. The molecule has 2 rings (SSSR count). The van der Waals surface area contributed by atoms with Crippen LogP contribution in [0.15, 0.2) is 24.3 Å². The number of rotatable bonds is 4. The van der Waals surface area contributed by atoms with E-state index in [0.29, 0.717) is 6.42 Å². The molecule has 0 saturated carbocycles. The molecule has 1 saturated heterocycles. The lowest BCUT2D eigenvalue weighted by Crippen LogP contribution is -2.37. The van der Waals surface area contributed by atoms with Crippen LogP contribution in [0.25, 0.3) is 0 Å². The van der Waals surface area contributed by atoms with Gasteiger partial charge < -0.3 is 15.4 Å². The van der Waals surface area contributed by atoms with E-state index in [4.69, 9.17) is 4.74 Å². The van der Waals surface area contributed by atoms with Crippen LogP contribution >= 0.6 is 0 Å². The summed E-state index contributed by atoms with van der Waals surface area (Å²) in [6.45, 7) is 1.87. The third kappa shape index (κ3) is 3.46. The summed E-state index contributed by atoms with van der Waals surface area (Å²) in [6, 6.07) is 7.90. The van der Waals surface area contributed by atoms with Gasteiger partial charge in [-0.15, -0.1) is 0 Å². The average molecular weight is 234 g/mol. The molecule has 0 aromatic heterocycles. The molecule has 1 fully saturated rings. The van der Waals surface area contributed by atoms with Crippen molar-refractivity contribution in [3.8, 4) is 5.75 Å². The predicted octanol–water partition coefficient (Wildman–Crippen LogP) is 0.716. The highest BCUT2D eigenvalue weighted by Gasteiger charge is 2.16. The molecular formula is C13H18N2O2. The highest BCUT2D eigenvalue weighted by Crippen LogP contribution is 2.13. The first-order valence-corrected chi connectivity index (χ1v) is 5.91. The Morgan fingerprint density at radius 3 is 3.18 bits per heavy atom. The molecule has 0 spiro atoms. The Balaban J connectivity index is 1.88. The number of amides is 1. The number of nitrogens with one attached hydrogen (secondary N) is 2. The van der Waals surface area contributed by atoms with Crippen molar-refractivity contribution in [1.29, 1.82) is 0 Å². The minimum absolute atomic E-state index is 0.0759. The average Bonchev–Trinajstić information content (AvgIpc) is 2.82. The smallest absolute Gasteiger partial charge is 0.224 e. The second kappa shape index (κ2) is 5.68. The number of carbonyl (C=O) groups is 1. The van der Waals surface area contributed by atoms with E-state index in [2.05, 4.69) is 10.6 Å². The van der Waals surface area contributed by atoms with Crippen molar-refractivity contribution < 1.29 is 9.53 Å². The molecule has 0 unspecified atom stereocenters. The van der Waals surface area contributed by atoms with E-state index < -0.39 is 0 Å². The SMILES string of the molecule is COc1cccc(CC(=O)N[C@@H]2CCNC2)c1. The fourth-order valence-electron chi connectivity index (χ4n) is 2.02. The van der Waals surface area contributed by atoms with Crippen molar-refractivity contribution in [1.82, 2.24) is 10.6 Å². The molecule has 1 aliphatic rings. The second-order valence-corrected chi connectivity index (χ2v) is 4.29. The number of carbonyl (C=O) groups excluding carboxylic acids is 1. The van der Waals surface area contributed by atoms with Gasteiger partial charge in [0.05, 0.1) is 13.5 Å². The first-order chi connectivity index (χ1) is 8.28. The van der Waals surface area contributed by atoms with E-state index in [-0.39, 0.29) is 11.9 Å². The summed E-state index contributed by atoms with van der Waals surface area (Å²) >= 11 is 0. The van der Waals surface area contributed by atoms with E-state index in [9.17, 15) is 4.79 Å². The van der Waals surface area contributed by atoms with Crippen LogP contribution in [0.4, 0.5) is 0 Å². The molecule has 0 bridgehead atoms. The van der Waals surface area contributed by atoms with E-state index in [0.717, 1.165) is 30.8 Å². The number of ether oxygens (including phenoxy) is 1. The van der Waals surface area contributed by atoms with Crippen LogP contribution in [0.2, 0.25) is 0 Å². The van der Waals surface area contributed by atoms with Gasteiger partial charge >= 0.3 is 0 Å². The molecule has 1 atom stereocenters. The maximum Gasteiger partial charge on any atom is 0.224 e. The topological polar surface area (TPSA) is 50.4 Å². The van der Waals surface area contributed by atoms with Crippen molar-refractivity contribution in [3.63, 3.8) is 0 Å². The van der Waals surface area contributed by atoms with Crippen molar-refractivity contribution in [3.05, 3.63) is 29.8 Å². The summed E-state index contributed by atoms with van der Waals surface area (Å²) in [5.41, 5.74) is 0.979. The molecule has 17 heavy (non-hydrogen) atoms. The molecule has 0 aliphatic carbocycles. The summed E-state index contributed by atoms with van der Waals surface area (Å²) in [5.74, 6) is 0.866. The van der Waals surface area contributed by atoms with Gasteiger partial charge in [0, 0.05) is 12.6 Å². The Kier molecular flexibility index (Phi) is 3.98. The highest BCUT2D eigenvalue weighted by atomic mass is 16.5. The Morgan fingerprint density at radius 2 is 2.47 bits per heavy atom. The van der Waals surface area contributed by atoms with Crippen LogP contribution in [0, 0.1) is 0 Å². The van der Waals surface area contributed by atoms with E-state index >= 15 is 0 Å². The summed E-state index contributed by atoms with van der Waals surface area (Å²) in [5, 5.41) is 6.25. The lowest BCUT2D eigenvalue weighted by atomic mass is 10.1. The maximum atomic E-state index is 11.8. The minimum Gasteiger partial charge on any atom is -0.497 e. The van der Waals surface area contributed by atoms with Crippen molar-refractivity contribution in [2.45, 2.75) is 18.9 Å². The van der Waals surface area contributed by atoms with Gasteiger partial charge in [-0.2, -0.15) is 0 Å². The molecule has 1 amide bonds. The summed E-state index contributed by atoms with van der Waals surface area (Å²) in [7, 11) is 1.63. The molecule has 4 nitrogen and oxygen atoms in total. The number of benzene rings is 1. The molecule has 4 heteroatoms. The van der Waals surface area contributed by atoms with Gasteiger partial charge in [-0.1, -0.05) is 12.1 Å². The number of hydrogen-bond donors (Lipinski definition) is 2. The molecule has 2 N–H and O–H groups in total. The van der Waals surface area contributed by atoms with Crippen LogP contribution < -0.4 is 15.4 Å². The van der Waals surface area contributed by atoms with Gasteiger partial charge in [0.15, 0.2) is 0 Å². The quantitative estimate of drug-likeness (QED) is 0.807. The predicted molar refractivity (Wildman–Crippen MR) is 66.1 cm³/mol. The highest BCUT2D eigenvalue weighted by molar-refractivity contribution is 5.79. The van der Waals surface area contributed by atoms with Crippen molar-refractivity contribution in [2.24, 2.45) is 0 Å². The van der Waals surface area contributed by atoms with Gasteiger partial charge in [-0.3, -0.25) is 4.79 Å². The minimum atomic E-state index is 0.0759. The van der Waals surface area contributed by atoms with Crippen molar-refractivity contribution in [2.75, 3.05) is 20.2 Å². The lowest BCUT2D eigenvalue weighted by Gasteiger charge is -2.11. The Morgan fingerprint density at radius 1 is 1.59 bits per heavy atom. The third-order valence-electron chi connectivity index (χ3n) is 2.92. The lowest BCUT2D eigenvalue weighted by molar-refractivity contribution is -0.121. The second-order valence-electron chi connectivity index (χ2n) is 4.29. The molecule has 92 valence electrons. The Hall–Kier alpha value is -1.55. The van der Waals surface area contributed by atoms with Gasteiger partial charge in [0.25, 0.3) is 0 Å². The molecule has 1 heterocycles. The maximum absolute atomic E-state index is 11.8. The fraction of sp³-hybridized carbons (Fsp3) is 0.462. The number of hydrogen-bond acceptors (Lipinski definition) is 3. The van der Waals surface area contributed by atoms with Gasteiger partial charge in [-0.25, -0.2) is 0 Å². The Bertz CT molecular complexity index is 387. The van der Waals surface area contributed by atoms with E-state index in [1.807, 2.05) is 24.3 Å². The standard InChI is InChI=1S/C13H18N2O2/c1-17-12-4-2-3-10(7-12)8-13(16)15-11-5-6-14-9-11/h2-4,7,11,14H,5-6,8-9H2,1H3,(H,15,16)/t11-/m1/s1. The van der Waals surface area contributed by atoms with E-state index in [1.54, 1.807) is 7.11 Å². The van der Waals surface area contributed by atoms with Crippen LogP contribution in [0.3, 0.4) is 0 Å². The van der Waals surface area contributed by atoms with Crippen LogP contribution in [0.1, 0.15) is 12.0 Å². The van der Waals surface area contributed by atoms with Gasteiger partial charge in [-0.05, 0) is 30.7 Å². The summed E-state index contributed by atoms with van der Waals surface area (Å²) in [6.07, 6.45) is 1.43. The van der Waals surface area contributed by atoms with Gasteiger partial charge in [0.1, 0.15) is 5.75 Å². The molecular weight excluding hydrogens is 216 g/mol. The monoisotopic (exact) mass is 234 g/mol. The zero-order valence-electron chi connectivity index (χ0n) is 10.0. The third-order valence-corrected chi connectivity index (χ3v) is 2.92. The van der Waals surface area contributed by atoms with Gasteiger partial charge in [0.2, 0.25) is 5.91 Å². The molecule has 1 aliphatic heterocycles. The van der Waals surface area contributed by atoms with Crippen LogP contribution in [-0.2, 0) is 11.2 Å². The van der Waals surface area contributed by atoms with Crippen LogP contribution in [-0.4, -0.2) is 32.1 Å². The Labute approximate surface area is 101 Å². The first-order valence-electron chi connectivity index (χ1n) is 5.91. The molecule has 1 aromatic carbocycles. The zero-order valence-corrected chi connectivity index (χ0v) is 10.0. The normalized spacial score (nSPS) is 19.0. The molecule has 0 radical (unpaired) electrons. The van der Waals surface area contributed by atoms with E-state index in [1.165, 1.54) is 0 Å². The van der Waals surface area contributed by atoms with Crippen LogP contribution in [0.5, 0.6) is 5.75 Å². The van der Waals surface area contributed by atoms with Crippen molar-refractivity contribution >= 4 is 5.91 Å². The summed E-state index contributed by atoms with van der Waals surface area (Å²) < 4.78 is 5.13. The first kappa shape index (κ1) is 11.9. The number of methoxy groups -OCH3 is 1. The zero-order chi connectivity index (χ0) is 12.1. The molecule has 1 aromatic rings.